The van der Waals surface area contributed by atoms with Gasteiger partial charge in [0.25, 0.3) is 0 Å². The van der Waals surface area contributed by atoms with Gasteiger partial charge in [0.2, 0.25) is 5.79 Å². The topological polar surface area (TPSA) is 35.5 Å². The number of carbonyl (C=O) groups is 1. The molecule has 3 heteroatoms. The maximum Gasteiger partial charge on any atom is 0.341 e. The Labute approximate surface area is 125 Å². The molecular formula is C18H22O3. The Balaban J connectivity index is 1.91. The van der Waals surface area contributed by atoms with Crippen LogP contribution in [0, 0.1) is 5.92 Å². The van der Waals surface area contributed by atoms with Gasteiger partial charge in [0.1, 0.15) is 0 Å². The summed E-state index contributed by atoms with van der Waals surface area (Å²) in [5, 5.41) is 0. The van der Waals surface area contributed by atoms with Crippen LogP contribution in [0.5, 0.6) is 0 Å². The van der Waals surface area contributed by atoms with E-state index in [1.54, 1.807) is 0 Å². The largest absolute Gasteiger partial charge is 0.425 e. The van der Waals surface area contributed by atoms with Gasteiger partial charge in [-0.25, -0.2) is 4.79 Å². The van der Waals surface area contributed by atoms with E-state index in [0.717, 1.165) is 30.4 Å². The van der Waals surface area contributed by atoms with E-state index in [1.807, 2.05) is 0 Å². The predicted octanol–water partition coefficient (Wildman–Crippen LogP) is 3.68. The van der Waals surface area contributed by atoms with Gasteiger partial charge in [0, 0.05) is 12.0 Å². The highest BCUT2D eigenvalue weighted by Crippen LogP contribution is 2.50. The summed E-state index contributed by atoms with van der Waals surface area (Å²) in [6.45, 7) is 7.33. The molecule has 1 aromatic carbocycles. The summed E-state index contributed by atoms with van der Waals surface area (Å²) >= 11 is 0. The number of esters is 1. The summed E-state index contributed by atoms with van der Waals surface area (Å²) in [4.78, 5) is 12.5. The summed E-state index contributed by atoms with van der Waals surface area (Å²) in [6, 6.07) is 4.27. The molecule has 0 radical (unpaired) electrons. The minimum Gasteiger partial charge on any atom is -0.425 e. The highest BCUT2D eigenvalue weighted by molar-refractivity contribution is 5.96. The summed E-state index contributed by atoms with van der Waals surface area (Å²) in [5.41, 5.74) is 4.42. The quantitative estimate of drug-likeness (QED) is 0.682. The van der Waals surface area contributed by atoms with Crippen molar-refractivity contribution in [2.45, 2.75) is 57.7 Å². The van der Waals surface area contributed by atoms with Crippen molar-refractivity contribution in [1.29, 1.82) is 0 Å². The monoisotopic (exact) mass is 286 g/mol. The van der Waals surface area contributed by atoms with Gasteiger partial charge < -0.3 is 9.47 Å². The second-order valence-electron chi connectivity index (χ2n) is 7.51. The molecular weight excluding hydrogens is 264 g/mol. The first-order valence-electron chi connectivity index (χ1n) is 7.97. The highest BCUT2D eigenvalue weighted by Gasteiger charge is 2.52. The third-order valence-corrected chi connectivity index (χ3v) is 5.36. The van der Waals surface area contributed by atoms with Crippen LogP contribution in [-0.4, -0.2) is 12.6 Å². The molecule has 0 amide bonds. The molecule has 21 heavy (non-hydrogen) atoms. The molecule has 1 spiro atoms. The standard InChI is InChI=1S/C18H22O3/c1-11-9-18(20-10-11)14-7-6-13-12(15(14)16(19)21-18)5-4-8-17(13,2)3/h6-7,11H,4-5,8-10H2,1-3H3/t11?,18-/m1/s1. The molecule has 3 nitrogen and oxygen atoms in total. The minimum absolute atomic E-state index is 0.141. The van der Waals surface area contributed by atoms with Crippen molar-refractivity contribution in [3.05, 3.63) is 34.4 Å². The second-order valence-corrected chi connectivity index (χ2v) is 7.51. The molecule has 1 aromatic rings. The normalized spacial score (nSPS) is 32.9. The summed E-state index contributed by atoms with van der Waals surface area (Å²) in [5.74, 6) is -0.562. The molecule has 112 valence electrons. The molecule has 0 bridgehead atoms. The van der Waals surface area contributed by atoms with Gasteiger partial charge in [-0.2, -0.15) is 0 Å². The Hall–Kier alpha value is -1.35. The first kappa shape index (κ1) is 13.3. The fraction of sp³-hybridized carbons (Fsp3) is 0.611. The van der Waals surface area contributed by atoms with Crippen molar-refractivity contribution in [2.75, 3.05) is 6.61 Å². The Bertz CT molecular complexity index is 632. The molecule has 1 unspecified atom stereocenters. The fourth-order valence-electron chi connectivity index (χ4n) is 4.30. The maximum absolute atomic E-state index is 12.5. The third-order valence-electron chi connectivity index (χ3n) is 5.36. The molecule has 1 saturated heterocycles. The number of rotatable bonds is 0. The van der Waals surface area contributed by atoms with Crippen molar-refractivity contribution >= 4 is 5.97 Å². The molecule has 1 aliphatic carbocycles. The van der Waals surface area contributed by atoms with Crippen LogP contribution in [0.3, 0.4) is 0 Å². The van der Waals surface area contributed by atoms with Crippen LogP contribution in [-0.2, 0) is 27.1 Å². The Morgan fingerprint density at radius 2 is 2.00 bits per heavy atom. The van der Waals surface area contributed by atoms with Gasteiger partial charge in [0.15, 0.2) is 0 Å². The van der Waals surface area contributed by atoms with Gasteiger partial charge in [0.05, 0.1) is 12.2 Å². The molecule has 1 fully saturated rings. The van der Waals surface area contributed by atoms with Crippen molar-refractivity contribution in [1.82, 2.24) is 0 Å². The van der Waals surface area contributed by atoms with E-state index in [0.29, 0.717) is 12.5 Å². The average Bonchev–Trinajstić information content (AvgIpc) is 2.91. The van der Waals surface area contributed by atoms with Crippen molar-refractivity contribution in [3.8, 4) is 0 Å². The zero-order valence-corrected chi connectivity index (χ0v) is 13.0. The summed E-state index contributed by atoms with van der Waals surface area (Å²) in [6.07, 6.45) is 4.05. The Kier molecular flexibility index (Phi) is 2.60. The van der Waals surface area contributed by atoms with E-state index in [2.05, 4.69) is 32.9 Å². The van der Waals surface area contributed by atoms with Crippen LogP contribution >= 0.6 is 0 Å². The van der Waals surface area contributed by atoms with Crippen LogP contribution in [0.1, 0.15) is 67.1 Å². The SMILES string of the molecule is CC1CO[C@]2(C1)OC(=O)c1c2ccc2c1CCCC2(C)C. The number of fused-ring (bicyclic) bond motifs is 4. The number of hydrogen-bond donors (Lipinski definition) is 0. The zero-order valence-electron chi connectivity index (χ0n) is 13.0. The number of hydrogen-bond acceptors (Lipinski definition) is 3. The van der Waals surface area contributed by atoms with Crippen molar-refractivity contribution in [2.24, 2.45) is 5.92 Å². The van der Waals surface area contributed by atoms with Crippen LogP contribution in [0.2, 0.25) is 0 Å². The lowest BCUT2D eigenvalue weighted by atomic mass is 9.71. The van der Waals surface area contributed by atoms with Crippen LogP contribution < -0.4 is 0 Å². The van der Waals surface area contributed by atoms with Gasteiger partial charge in [-0.15, -0.1) is 0 Å². The summed E-state index contributed by atoms with van der Waals surface area (Å²) < 4.78 is 11.6. The van der Waals surface area contributed by atoms with E-state index in [4.69, 9.17) is 9.47 Å². The van der Waals surface area contributed by atoms with E-state index < -0.39 is 5.79 Å². The molecule has 4 rings (SSSR count). The minimum atomic E-state index is -0.803. The molecule has 3 aliphatic rings. The third kappa shape index (κ3) is 1.73. The van der Waals surface area contributed by atoms with Gasteiger partial charge in [-0.1, -0.05) is 32.9 Å². The summed E-state index contributed by atoms with van der Waals surface area (Å²) in [7, 11) is 0. The lowest BCUT2D eigenvalue weighted by molar-refractivity contribution is -0.172. The molecule has 2 aliphatic heterocycles. The average molecular weight is 286 g/mol. The molecule has 0 saturated carbocycles. The lowest BCUT2D eigenvalue weighted by Crippen LogP contribution is -2.26. The van der Waals surface area contributed by atoms with Gasteiger partial charge in [-0.05, 0) is 41.7 Å². The second kappa shape index (κ2) is 4.10. The van der Waals surface area contributed by atoms with E-state index in [9.17, 15) is 4.79 Å². The number of ether oxygens (including phenoxy) is 2. The number of benzene rings is 1. The zero-order chi connectivity index (χ0) is 14.8. The van der Waals surface area contributed by atoms with Crippen molar-refractivity contribution in [3.63, 3.8) is 0 Å². The van der Waals surface area contributed by atoms with E-state index in [1.165, 1.54) is 17.5 Å². The Morgan fingerprint density at radius 1 is 1.24 bits per heavy atom. The molecule has 0 aromatic heterocycles. The molecule has 2 atom stereocenters. The van der Waals surface area contributed by atoms with Crippen LogP contribution in [0.25, 0.3) is 0 Å². The highest BCUT2D eigenvalue weighted by atomic mass is 16.7. The first-order chi connectivity index (χ1) is 9.93. The van der Waals surface area contributed by atoms with E-state index >= 15 is 0 Å². The molecule has 0 N–H and O–H groups in total. The van der Waals surface area contributed by atoms with Gasteiger partial charge in [-0.3, -0.25) is 0 Å². The lowest BCUT2D eigenvalue weighted by Gasteiger charge is -2.33. The number of carbonyl (C=O) groups excluding carboxylic acids is 1. The predicted molar refractivity (Wildman–Crippen MR) is 79.2 cm³/mol. The maximum atomic E-state index is 12.5. The van der Waals surface area contributed by atoms with Gasteiger partial charge >= 0.3 is 5.97 Å². The van der Waals surface area contributed by atoms with Crippen molar-refractivity contribution < 1.29 is 14.3 Å². The van der Waals surface area contributed by atoms with E-state index in [-0.39, 0.29) is 11.4 Å². The first-order valence-corrected chi connectivity index (χ1v) is 7.97. The Morgan fingerprint density at radius 3 is 2.71 bits per heavy atom. The van der Waals surface area contributed by atoms with Crippen LogP contribution in [0.4, 0.5) is 0 Å². The van der Waals surface area contributed by atoms with Crippen LogP contribution in [0.15, 0.2) is 12.1 Å². The fourth-order valence-corrected chi connectivity index (χ4v) is 4.30. The smallest absolute Gasteiger partial charge is 0.341 e. The molecule has 2 heterocycles.